The highest BCUT2D eigenvalue weighted by Crippen LogP contribution is 2.54. The van der Waals surface area contributed by atoms with Crippen molar-refractivity contribution in [1.29, 1.82) is 0 Å². The van der Waals surface area contributed by atoms with Crippen molar-refractivity contribution in [3.8, 4) is 0 Å². The molecule has 2 aliphatic rings. The number of fused-ring (bicyclic) bond motifs is 2. The zero-order valence-corrected chi connectivity index (χ0v) is 10.5. The molecule has 0 aliphatic heterocycles. The Kier molecular flexibility index (Phi) is 2.31. The van der Waals surface area contributed by atoms with E-state index < -0.39 is 0 Å². The van der Waals surface area contributed by atoms with Crippen LogP contribution in [-0.4, -0.2) is 15.9 Å². The molecule has 1 heterocycles. The molecule has 1 amide bonds. The zero-order valence-electron chi connectivity index (χ0n) is 10.5. The van der Waals surface area contributed by atoms with Gasteiger partial charge in [0.2, 0.25) is 5.91 Å². The number of benzene rings is 1. The molecular weight excluding hydrogens is 238 g/mol. The lowest BCUT2D eigenvalue weighted by molar-refractivity contribution is -0.120. The van der Waals surface area contributed by atoms with E-state index in [-0.39, 0.29) is 11.8 Å². The Morgan fingerprint density at radius 3 is 2.58 bits per heavy atom. The minimum absolute atomic E-state index is 0.162. The molecule has 4 nitrogen and oxygen atoms in total. The second kappa shape index (κ2) is 4.02. The standard InChI is InChI=1S/C15H15N3O/c19-15(11-6-9-5-10(9)7-11)18-12-1-2-13-14(8-12)17-4-3-16-13/h1-4,8-11H,5-7H2,(H,18,19). The van der Waals surface area contributed by atoms with Crippen LogP contribution in [0.1, 0.15) is 19.3 Å². The molecule has 0 saturated heterocycles. The Morgan fingerprint density at radius 1 is 1.05 bits per heavy atom. The normalized spacial score (nSPS) is 28.1. The highest BCUT2D eigenvalue weighted by molar-refractivity contribution is 5.94. The number of amides is 1. The van der Waals surface area contributed by atoms with E-state index in [1.165, 1.54) is 6.42 Å². The highest BCUT2D eigenvalue weighted by atomic mass is 16.1. The Balaban J connectivity index is 1.52. The summed E-state index contributed by atoms with van der Waals surface area (Å²) >= 11 is 0. The molecule has 96 valence electrons. The molecule has 4 rings (SSSR count). The van der Waals surface area contributed by atoms with Crippen molar-refractivity contribution in [2.75, 3.05) is 5.32 Å². The summed E-state index contributed by atoms with van der Waals surface area (Å²) < 4.78 is 0. The van der Waals surface area contributed by atoms with Crippen LogP contribution in [0, 0.1) is 17.8 Å². The summed E-state index contributed by atoms with van der Waals surface area (Å²) in [6.07, 6.45) is 6.83. The van der Waals surface area contributed by atoms with Gasteiger partial charge < -0.3 is 5.32 Å². The molecular formula is C15H15N3O. The number of nitrogens with one attached hydrogen (secondary N) is 1. The van der Waals surface area contributed by atoms with Gasteiger partial charge >= 0.3 is 0 Å². The monoisotopic (exact) mass is 253 g/mol. The van der Waals surface area contributed by atoms with Crippen LogP contribution in [-0.2, 0) is 4.79 Å². The summed E-state index contributed by atoms with van der Waals surface area (Å²) in [7, 11) is 0. The van der Waals surface area contributed by atoms with Gasteiger partial charge in [0.05, 0.1) is 11.0 Å². The molecule has 0 radical (unpaired) electrons. The van der Waals surface area contributed by atoms with Gasteiger partial charge in [-0.25, -0.2) is 0 Å². The lowest BCUT2D eigenvalue weighted by Gasteiger charge is -2.12. The average molecular weight is 253 g/mol. The van der Waals surface area contributed by atoms with Gasteiger partial charge in [-0.1, -0.05) is 0 Å². The van der Waals surface area contributed by atoms with Crippen LogP contribution >= 0.6 is 0 Å². The minimum Gasteiger partial charge on any atom is -0.326 e. The maximum Gasteiger partial charge on any atom is 0.227 e. The van der Waals surface area contributed by atoms with Crippen molar-refractivity contribution in [3.63, 3.8) is 0 Å². The number of nitrogens with zero attached hydrogens (tertiary/aromatic N) is 2. The van der Waals surface area contributed by atoms with Gasteiger partial charge in [0.1, 0.15) is 0 Å². The highest BCUT2D eigenvalue weighted by Gasteiger charge is 2.47. The Hall–Kier alpha value is -1.97. The molecule has 2 aromatic rings. The van der Waals surface area contributed by atoms with Crippen molar-refractivity contribution in [1.82, 2.24) is 9.97 Å². The largest absolute Gasteiger partial charge is 0.326 e. The van der Waals surface area contributed by atoms with E-state index in [2.05, 4.69) is 15.3 Å². The summed E-state index contributed by atoms with van der Waals surface area (Å²) in [6, 6.07) is 5.67. The van der Waals surface area contributed by atoms with Crippen molar-refractivity contribution in [2.45, 2.75) is 19.3 Å². The fraction of sp³-hybridized carbons (Fsp3) is 0.400. The van der Waals surface area contributed by atoms with Crippen LogP contribution in [0.3, 0.4) is 0 Å². The summed E-state index contributed by atoms with van der Waals surface area (Å²) in [6.45, 7) is 0. The van der Waals surface area contributed by atoms with Crippen LogP contribution in [0.25, 0.3) is 11.0 Å². The Morgan fingerprint density at radius 2 is 1.79 bits per heavy atom. The topological polar surface area (TPSA) is 54.9 Å². The molecule has 0 bridgehead atoms. The van der Waals surface area contributed by atoms with E-state index in [1.54, 1.807) is 12.4 Å². The third-order valence-corrected chi connectivity index (χ3v) is 4.35. The van der Waals surface area contributed by atoms with Crippen molar-refractivity contribution < 1.29 is 4.79 Å². The molecule has 4 heteroatoms. The van der Waals surface area contributed by atoms with E-state index in [0.717, 1.165) is 41.4 Å². The van der Waals surface area contributed by atoms with Crippen LogP contribution in [0.5, 0.6) is 0 Å². The number of aromatic nitrogens is 2. The Labute approximate surface area is 111 Å². The van der Waals surface area contributed by atoms with Gasteiger partial charge in [0.15, 0.2) is 0 Å². The van der Waals surface area contributed by atoms with Gasteiger partial charge in [-0.2, -0.15) is 0 Å². The number of carbonyl (C=O) groups is 1. The SMILES string of the molecule is O=C(Nc1ccc2nccnc2c1)C1CC2CC2C1. The smallest absolute Gasteiger partial charge is 0.227 e. The first-order valence-electron chi connectivity index (χ1n) is 6.81. The Bertz CT molecular complexity index is 645. The first-order chi connectivity index (χ1) is 9.29. The number of rotatable bonds is 2. The third-order valence-electron chi connectivity index (χ3n) is 4.35. The van der Waals surface area contributed by atoms with Crippen molar-refractivity contribution >= 4 is 22.6 Å². The van der Waals surface area contributed by atoms with E-state index in [0.29, 0.717) is 0 Å². The van der Waals surface area contributed by atoms with Gasteiger partial charge in [-0.15, -0.1) is 0 Å². The second-order valence-corrected chi connectivity index (χ2v) is 5.67. The lowest BCUT2D eigenvalue weighted by Crippen LogP contribution is -2.21. The number of anilines is 1. The predicted molar refractivity (Wildman–Crippen MR) is 72.5 cm³/mol. The molecule has 2 atom stereocenters. The van der Waals surface area contributed by atoms with Gasteiger partial charge in [0.25, 0.3) is 0 Å². The summed E-state index contributed by atoms with van der Waals surface area (Å²) in [5.41, 5.74) is 2.48. The first kappa shape index (κ1) is 10.9. The molecule has 2 unspecified atom stereocenters. The second-order valence-electron chi connectivity index (χ2n) is 5.67. The summed E-state index contributed by atoms with van der Waals surface area (Å²) in [4.78, 5) is 20.6. The number of hydrogen-bond acceptors (Lipinski definition) is 3. The molecule has 2 fully saturated rings. The molecule has 2 aliphatic carbocycles. The quantitative estimate of drug-likeness (QED) is 0.895. The third kappa shape index (κ3) is 1.97. The maximum atomic E-state index is 12.2. The molecule has 1 N–H and O–H groups in total. The van der Waals surface area contributed by atoms with Crippen molar-refractivity contribution in [2.24, 2.45) is 17.8 Å². The van der Waals surface area contributed by atoms with Crippen LogP contribution < -0.4 is 5.32 Å². The van der Waals surface area contributed by atoms with Gasteiger partial charge in [-0.05, 0) is 49.3 Å². The molecule has 2 saturated carbocycles. The van der Waals surface area contributed by atoms with E-state index >= 15 is 0 Å². The minimum atomic E-state index is 0.162. The van der Waals surface area contributed by atoms with Crippen LogP contribution in [0.15, 0.2) is 30.6 Å². The van der Waals surface area contributed by atoms with E-state index in [4.69, 9.17) is 0 Å². The zero-order chi connectivity index (χ0) is 12.8. The van der Waals surface area contributed by atoms with Crippen molar-refractivity contribution in [3.05, 3.63) is 30.6 Å². The fourth-order valence-electron chi connectivity index (χ4n) is 3.21. The van der Waals surface area contributed by atoms with Gasteiger partial charge in [0, 0.05) is 24.0 Å². The summed E-state index contributed by atoms with van der Waals surface area (Å²) in [5, 5.41) is 3.01. The molecule has 0 spiro atoms. The predicted octanol–water partition coefficient (Wildman–Crippen LogP) is 2.61. The van der Waals surface area contributed by atoms with E-state index in [1.807, 2.05) is 18.2 Å². The summed E-state index contributed by atoms with van der Waals surface area (Å²) in [5.74, 6) is 2.04. The van der Waals surface area contributed by atoms with E-state index in [9.17, 15) is 4.79 Å². The van der Waals surface area contributed by atoms with Crippen LogP contribution in [0.4, 0.5) is 5.69 Å². The maximum absolute atomic E-state index is 12.2. The van der Waals surface area contributed by atoms with Crippen LogP contribution in [0.2, 0.25) is 0 Å². The average Bonchev–Trinajstić information content (AvgIpc) is 3.05. The number of carbonyl (C=O) groups excluding carboxylic acids is 1. The first-order valence-corrected chi connectivity index (χ1v) is 6.81. The number of hydrogen-bond donors (Lipinski definition) is 1. The molecule has 19 heavy (non-hydrogen) atoms. The molecule has 1 aromatic heterocycles. The lowest BCUT2D eigenvalue weighted by atomic mass is 10.0. The fourth-order valence-corrected chi connectivity index (χ4v) is 3.21. The molecule has 1 aromatic carbocycles. The van der Waals surface area contributed by atoms with Gasteiger partial charge in [-0.3, -0.25) is 14.8 Å².